The molecular weight excluding hydrogens is 555 g/mol. The van der Waals surface area contributed by atoms with E-state index in [1.54, 1.807) is 36.4 Å². The van der Waals surface area contributed by atoms with Crippen molar-refractivity contribution in [1.82, 2.24) is 10.0 Å². The molecule has 0 heterocycles. The van der Waals surface area contributed by atoms with E-state index in [-0.39, 0.29) is 40.6 Å². The van der Waals surface area contributed by atoms with Gasteiger partial charge in [-0.25, -0.2) is 8.42 Å². The van der Waals surface area contributed by atoms with Crippen molar-refractivity contribution in [3.05, 3.63) is 82.3 Å². The van der Waals surface area contributed by atoms with E-state index in [1.807, 2.05) is 0 Å². The Morgan fingerprint density at radius 1 is 0.921 bits per heavy atom. The van der Waals surface area contributed by atoms with Crippen molar-refractivity contribution in [2.75, 3.05) is 6.54 Å². The first-order chi connectivity index (χ1) is 18.0. The number of amides is 1. The Morgan fingerprint density at radius 3 is 2.08 bits per heavy atom. The molecule has 0 aliphatic carbocycles. The number of ether oxygens (including phenoxy) is 1. The molecule has 0 aromatic heterocycles. The van der Waals surface area contributed by atoms with Gasteiger partial charge in [0.05, 0.1) is 10.5 Å². The van der Waals surface area contributed by atoms with Crippen LogP contribution in [0.25, 0.3) is 11.1 Å². The second-order valence-electron chi connectivity index (χ2n) is 8.18. The topological polar surface area (TPSA) is 139 Å². The molecule has 0 aliphatic rings. The molecule has 0 fully saturated rings. The van der Waals surface area contributed by atoms with Crippen molar-refractivity contribution < 1.29 is 32.6 Å². The molecule has 0 spiro atoms. The molecule has 1 amide bonds. The number of rotatable bonds is 11. The summed E-state index contributed by atoms with van der Waals surface area (Å²) in [5.41, 5.74) is 1.68. The second kappa shape index (κ2) is 12.9. The minimum Gasteiger partial charge on any atom is -0.480 e. The highest BCUT2D eigenvalue weighted by atomic mass is 35.5. The number of hydrogen-bond donors (Lipinski definition) is 3. The quantitative estimate of drug-likeness (QED) is 0.172. The van der Waals surface area contributed by atoms with Gasteiger partial charge in [0.2, 0.25) is 10.0 Å². The highest BCUT2D eigenvalue weighted by Gasteiger charge is 2.25. The standard InChI is InChI=1S/C26H24Cl2N2O7S/c1-16(31)37-24-15-20(28)10-13-22(24)25(32)29-14-2-3-23(26(33)34)30-38(35,36)21-11-6-18(7-12-21)17-4-8-19(27)9-5-17/h4-13,15,23,30H,2-3,14H2,1H3,(H,29,32)(H,33,34)/t23-/m0/s1. The average Bonchev–Trinajstić information content (AvgIpc) is 2.86. The molecule has 3 N–H and O–H groups in total. The Kier molecular flexibility index (Phi) is 9.87. The Morgan fingerprint density at radius 2 is 1.50 bits per heavy atom. The maximum Gasteiger partial charge on any atom is 0.321 e. The zero-order valence-electron chi connectivity index (χ0n) is 20.1. The molecule has 200 valence electrons. The number of carbonyl (C=O) groups excluding carboxylic acids is 2. The summed E-state index contributed by atoms with van der Waals surface area (Å²) in [7, 11) is -4.13. The number of aliphatic carboxylic acids is 1. The van der Waals surface area contributed by atoms with Crippen LogP contribution >= 0.6 is 23.2 Å². The molecule has 0 bridgehead atoms. The number of nitrogens with one attached hydrogen (secondary N) is 2. The minimum absolute atomic E-state index is 0.0132. The van der Waals surface area contributed by atoms with E-state index >= 15 is 0 Å². The molecule has 0 radical (unpaired) electrons. The molecule has 38 heavy (non-hydrogen) atoms. The zero-order chi connectivity index (χ0) is 27.9. The number of carbonyl (C=O) groups is 3. The molecule has 1 atom stereocenters. The van der Waals surface area contributed by atoms with Gasteiger partial charge in [-0.3, -0.25) is 14.4 Å². The van der Waals surface area contributed by atoms with Crippen molar-refractivity contribution in [3.63, 3.8) is 0 Å². The van der Waals surface area contributed by atoms with Crippen molar-refractivity contribution in [1.29, 1.82) is 0 Å². The fourth-order valence-corrected chi connectivity index (χ4v) is 5.00. The first-order valence-electron chi connectivity index (χ1n) is 11.3. The summed E-state index contributed by atoms with van der Waals surface area (Å²) in [6.45, 7) is 1.23. The summed E-state index contributed by atoms with van der Waals surface area (Å²) in [6, 6.07) is 15.8. The number of halogens is 2. The minimum atomic E-state index is -4.13. The second-order valence-corrected chi connectivity index (χ2v) is 10.8. The fourth-order valence-electron chi connectivity index (χ4n) is 3.48. The van der Waals surface area contributed by atoms with Gasteiger partial charge in [-0.05, 0) is 60.4 Å². The van der Waals surface area contributed by atoms with E-state index in [4.69, 9.17) is 27.9 Å². The summed E-state index contributed by atoms with van der Waals surface area (Å²) < 4.78 is 32.8. The van der Waals surface area contributed by atoms with Crippen LogP contribution in [-0.4, -0.2) is 44.0 Å². The number of carboxylic acids is 1. The van der Waals surface area contributed by atoms with Crippen LogP contribution in [0, 0.1) is 0 Å². The third kappa shape index (κ3) is 8.03. The van der Waals surface area contributed by atoms with Crippen LogP contribution in [0.15, 0.2) is 71.6 Å². The van der Waals surface area contributed by atoms with Crippen LogP contribution in [0.3, 0.4) is 0 Å². The van der Waals surface area contributed by atoms with E-state index in [9.17, 15) is 27.9 Å². The summed E-state index contributed by atoms with van der Waals surface area (Å²) in [5, 5.41) is 13.0. The number of carboxylic acid groups (broad SMARTS) is 1. The monoisotopic (exact) mass is 578 g/mol. The molecule has 3 aromatic carbocycles. The molecule has 12 heteroatoms. The number of sulfonamides is 1. The zero-order valence-corrected chi connectivity index (χ0v) is 22.4. The van der Waals surface area contributed by atoms with E-state index in [2.05, 4.69) is 10.0 Å². The van der Waals surface area contributed by atoms with Crippen LogP contribution in [0.5, 0.6) is 5.75 Å². The van der Waals surface area contributed by atoms with E-state index in [0.717, 1.165) is 11.1 Å². The Labute approximate surface area is 229 Å². The Balaban J connectivity index is 1.59. The van der Waals surface area contributed by atoms with Crippen LogP contribution in [0.2, 0.25) is 10.0 Å². The van der Waals surface area contributed by atoms with Crippen molar-refractivity contribution in [2.24, 2.45) is 0 Å². The van der Waals surface area contributed by atoms with Crippen LogP contribution in [0.4, 0.5) is 0 Å². The largest absolute Gasteiger partial charge is 0.480 e. The van der Waals surface area contributed by atoms with Gasteiger partial charge in [0, 0.05) is 29.6 Å². The lowest BCUT2D eigenvalue weighted by atomic mass is 10.1. The van der Waals surface area contributed by atoms with Gasteiger partial charge in [-0.2, -0.15) is 4.72 Å². The number of hydrogen-bond acceptors (Lipinski definition) is 6. The maximum absolute atomic E-state index is 12.8. The predicted octanol–water partition coefficient (Wildman–Crippen LogP) is 4.53. The van der Waals surface area contributed by atoms with E-state index in [1.165, 1.54) is 37.3 Å². The first-order valence-corrected chi connectivity index (χ1v) is 13.6. The van der Waals surface area contributed by atoms with Gasteiger partial charge in [0.15, 0.2) is 0 Å². The fraction of sp³-hybridized carbons (Fsp3) is 0.192. The van der Waals surface area contributed by atoms with Gasteiger partial charge in [-0.15, -0.1) is 0 Å². The van der Waals surface area contributed by atoms with Crippen molar-refractivity contribution in [3.8, 4) is 16.9 Å². The van der Waals surface area contributed by atoms with E-state index in [0.29, 0.717) is 5.02 Å². The summed E-state index contributed by atoms with van der Waals surface area (Å²) in [5.74, 6) is -2.56. The van der Waals surface area contributed by atoms with Gasteiger partial charge < -0.3 is 15.2 Å². The molecule has 0 saturated heterocycles. The SMILES string of the molecule is CC(=O)Oc1cc(Cl)ccc1C(=O)NCCC[C@H](NS(=O)(=O)c1ccc(-c2ccc(Cl)cc2)cc1)C(=O)O. The average molecular weight is 579 g/mol. The lowest BCUT2D eigenvalue weighted by molar-refractivity contribution is -0.139. The normalized spacial score (nSPS) is 12.0. The van der Waals surface area contributed by atoms with Crippen LogP contribution in [-0.2, 0) is 19.6 Å². The molecule has 9 nitrogen and oxygen atoms in total. The summed E-state index contributed by atoms with van der Waals surface area (Å²) in [6.07, 6.45) is 0.0618. The third-order valence-corrected chi connectivity index (χ3v) is 7.31. The van der Waals surface area contributed by atoms with Gasteiger partial charge >= 0.3 is 11.9 Å². The third-order valence-electron chi connectivity index (χ3n) is 5.33. The predicted molar refractivity (Wildman–Crippen MR) is 143 cm³/mol. The molecule has 3 aromatic rings. The molecule has 0 saturated carbocycles. The van der Waals surface area contributed by atoms with Gasteiger partial charge in [0.25, 0.3) is 5.91 Å². The van der Waals surface area contributed by atoms with Crippen LogP contribution in [0.1, 0.15) is 30.1 Å². The molecule has 0 unspecified atom stereocenters. The number of benzene rings is 3. The van der Waals surface area contributed by atoms with E-state index < -0.39 is 33.9 Å². The van der Waals surface area contributed by atoms with Crippen LogP contribution < -0.4 is 14.8 Å². The van der Waals surface area contributed by atoms with Gasteiger partial charge in [0.1, 0.15) is 11.8 Å². The first kappa shape index (κ1) is 29.1. The maximum atomic E-state index is 12.8. The Bertz CT molecular complexity index is 1430. The highest BCUT2D eigenvalue weighted by Crippen LogP contribution is 2.25. The highest BCUT2D eigenvalue weighted by molar-refractivity contribution is 7.89. The summed E-state index contributed by atoms with van der Waals surface area (Å²) in [4.78, 5) is 35.4. The Hall–Kier alpha value is -3.44. The summed E-state index contributed by atoms with van der Waals surface area (Å²) >= 11 is 11.8. The lowest BCUT2D eigenvalue weighted by Gasteiger charge is -2.15. The number of esters is 1. The van der Waals surface area contributed by atoms with Gasteiger partial charge in [-0.1, -0.05) is 47.5 Å². The molecule has 3 rings (SSSR count). The van der Waals surface area contributed by atoms with Crippen molar-refractivity contribution in [2.45, 2.75) is 30.7 Å². The lowest BCUT2D eigenvalue weighted by Crippen LogP contribution is -2.41. The van der Waals surface area contributed by atoms with Crippen molar-refractivity contribution >= 4 is 51.1 Å². The molecular formula is C26H24Cl2N2O7S. The molecule has 0 aliphatic heterocycles. The smallest absolute Gasteiger partial charge is 0.321 e.